The molecule has 1 saturated heterocycles. The molecule has 0 unspecified atom stereocenters. The molecule has 1 aliphatic heterocycles. The molecule has 1 amide bonds. The van der Waals surface area contributed by atoms with Gasteiger partial charge in [0.05, 0.1) is 18.6 Å². The minimum Gasteiger partial charge on any atom is -0.480 e. The fourth-order valence-corrected chi connectivity index (χ4v) is 2.71. The molecule has 16 heavy (non-hydrogen) atoms. The third-order valence-electron chi connectivity index (χ3n) is 2.38. The summed E-state index contributed by atoms with van der Waals surface area (Å²) in [5.41, 5.74) is 0.700. The summed E-state index contributed by atoms with van der Waals surface area (Å²) in [6, 6.07) is -0.694. The van der Waals surface area contributed by atoms with E-state index in [1.54, 1.807) is 6.20 Å². The van der Waals surface area contributed by atoms with E-state index in [1.807, 2.05) is 0 Å². The number of imidazole rings is 1. The Kier molecular flexibility index (Phi) is 3.14. The molecule has 6 nitrogen and oxygen atoms in total. The molecule has 86 valence electrons. The van der Waals surface area contributed by atoms with E-state index >= 15 is 0 Å². The SMILES string of the molecule is O=C(O)[C@H]1CSCN1C(=O)Cc1cnc[nH]1. The highest BCUT2D eigenvalue weighted by Crippen LogP contribution is 2.21. The summed E-state index contributed by atoms with van der Waals surface area (Å²) in [6.45, 7) is 0. The minimum absolute atomic E-state index is 0.171. The number of H-pyrrole nitrogens is 1. The normalized spacial score (nSPS) is 20.0. The molecule has 1 fully saturated rings. The van der Waals surface area contributed by atoms with Crippen LogP contribution in [0.3, 0.4) is 0 Å². The van der Waals surface area contributed by atoms with E-state index < -0.39 is 12.0 Å². The van der Waals surface area contributed by atoms with Crippen molar-refractivity contribution in [1.82, 2.24) is 14.9 Å². The molecule has 1 atom stereocenters. The number of hydrogen-bond acceptors (Lipinski definition) is 4. The monoisotopic (exact) mass is 241 g/mol. The van der Waals surface area contributed by atoms with Gasteiger partial charge in [0.1, 0.15) is 6.04 Å². The highest BCUT2D eigenvalue weighted by Gasteiger charge is 2.34. The molecule has 0 bridgehead atoms. The standard InChI is InChI=1S/C9H11N3O3S/c13-8(1-6-2-10-4-11-6)12-5-16-3-7(12)9(14)15/h2,4,7H,1,3,5H2,(H,10,11)(H,14,15)/t7-/m1/s1. The van der Waals surface area contributed by atoms with Crippen molar-refractivity contribution in [3.63, 3.8) is 0 Å². The van der Waals surface area contributed by atoms with Crippen molar-refractivity contribution >= 4 is 23.6 Å². The predicted molar refractivity (Wildman–Crippen MR) is 57.9 cm³/mol. The minimum atomic E-state index is -0.942. The van der Waals surface area contributed by atoms with Crippen molar-refractivity contribution in [2.45, 2.75) is 12.5 Å². The Labute approximate surface area is 96.0 Å². The second-order valence-corrected chi connectivity index (χ2v) is 4.47. The van der Waals surface area contributed by atoms with Gasteiger partial charge in [-0.25, -0.2) is 9.78 Å². The number of aromatic amines is 1. The first-order valence-corrected chi connectivity index (χ1v) is 5.91. The van der Waals surface area contributed by atoms with Crippen molar-refractivity contribution in [3.8, 4) is 0 Å². The Morgan fingerprint density at radius 1 is 1.69 bits per heavy atom. The third kappa shape index (κ3) is 2.19. The molecule has 1 aromatic heterocycles. The topological polar surface area (TPSA) is 86.3 Å². The van der Waals surface area contributed by atoms with Gasteiger partial charge in [-0.15, -0.1) is 11.8 Å². The number of rotatable bonds is 3. The van der Waals surface area contributed by atoms with Crippen LogP contribution in [0, 0.1) is 0 Å². The zero-order valence-corrected chi connectivity index (χ0v) is 9.24. The maximum atomic E-state index is 11.8. The number of aromatic nitrogens is 2. The summed E-state index contributed by atoms with van der Waals surface area (Å²) in [4.78, 5) is 30.7. The summed E-state index contributed by atoms with van der Waals surface area (Å²) in [5, 5.41) is 8.93. The predicted octanol–water partition coefficient (Wildman–Crippen LogP) is -0.0617. The fraction of sp³-hybridized carbons (Fsp3) is 0.444. The van der Waals surface area contributed by atoms with Gasteiger partial charge in [0.15, 0.2) is 0 Å². The Hall–Kier alpha value is -1.50. The van der Waals surface area contributed by atoms with E-state index in [2.05, 4.69) is 9.97 Å². The lowest BCUT2D eigenvalue weighted by Crippen LogP contribution is -2.42. The summed E-state index contributed by atoms with van der Waals surface area (Å²) < 4.78 is 0. The molecule has 1 aromatic rings. The van der Waals surface area contributed by atoms with E-state index in [0.29, 0.717) is 17.3 Å². The van der Waals surface area contributed by atoms with Crippen molar-refractivity contribution in [1.29, 1.82) is 0 Å². The molecule has 0 saturated carbocycles. The van der Waals surface area contributed by atoms with Crippen LogP contribution in [-0.4, -0.2) is 49.5 Å². The van der Waals surface area contributed by atoms with E-state index in [-0.39, 0.29) is 12.3 Å². The zero-order chi connectivity index (χ0) is 11.5. The summed E-state index contributed by atoms with van der Waals surface area (Å²) in [5.74, 6) is -0.210. The van der Waals surface area contributed by atoms with Crippen LogP contribution in [0.2, 0.25) is 0 Å². The van der Waals surface area contributed by atoms with Crippen LogP contribution >= 0.6 is 11.8 Å². The number of amides is 1. The lowest BCUT2D eigenvalue weighted by molar-refractivity contribution is -0.147. The number of aliphatic carboxylic acids is 1. The molecule has 2 heterocycles. The highest BCUT2D eigenvalue weighted by atomic mass is 32.2. The molecular weight excluding hydrogens is 230 g/mol. The number of carboxylic acid groups (broad SMARTS) is 1. The van der Waals surface area contributed by atoms with Gasteiger partial charge < -0.3 is 15.0 Å². The van der Waals surface area contributed by atoms with Gasteiger partial charge in [-0.1, -0.05) is 0 Å². The number of hydrogen-bond donors (Lipinski definition) is 2. The summed E-state index contributed by atoms with van der Waals surface area (Å²) in [7, 11) is 0. The van der Waals surface area contributed by atoms with E-state index in [4.69, 9.17) is 5.11 Å². The maximum Gasteiger partial charge on any atom is 0.327 e. The lowest BCUT2D eigenvalue weighted by Gasteiger charge is -2.19. The largest absolute Gasteiger partial charge is 0.480 e. The van der Waals surface area contributed by atoms with Gasteiger partial charge in [-0.2, -0.15) is 0 Å². The van der Waals surface area contributed by atoms with E-state index in [9.17, 15) is 9.59 Å². The zero-order valence-electron chi connectivity index (χ0n) is 8.42. The van der Waals surface area contributed by atoms with Crippen molar-refractivity contribution < 1.29 is 14.7 Å². The van der Waals surface area contributed by atoms with E-state index in [1.165, 1.54) is 23.0 Å². The lowest BCUT2D eigenvalue weighted by atomic mass is 10.2. The summed E-state index contributed by atoms with van der Waals surface area (Å²) >= 11 is 1.46. The van der Waals surface area contributed by atoms with Gasteiger partial charge in [-0.3, -0.25) is 4.79 Å². The van der Waals surface area contributed by atoms with Crippen molar-refractivity contribution in [2.24, 2.45) is 0 Å². The number of carbonyl (C=O) groups is 2. The molecule has 0 spiro atoms. The average molecular weight is 241 g/mol. The fourth-order valence-electron chi connectivity index (χ4n) is 1.54. The van der Waals surface area contributed by atoms with Crippen LogP contribution in [0.15, 0.2) is 12.5 Å². The maximum absolute atomic E-state index is 11.8. The molecule has 0 aromatic carbocycles. The van der Waals surface area contributed by atoms with Crippen molar-refractivity contribution in [2.75, 3.05) is 11.6 Å². The second kappa shape index (κ2) is 4.56. The highest BCUT2D eigenvalue weighted by molar-refractivity contribution is 7.99. The molecule has 1 aliphatic rings. The van der Waals surface area contributed by atoms with Crippen LogP contribution in [0.1, 0.15) is 5.69 Å². The molecule has 7 heteroatoms. The smallest absolute Gasteiger partial charge is 0.327 e. The first-order valence-electron chi connectivity index (χ1n) is 4.76. The van der Waals surface area contributed by atoms with E-state index in [0.717, 1.165) is 0 Å². The molecule has 2 N–H and O–H groups in total. The number of carboxylic acids is 1. The Morgan fingerprint density at radius 3 is 3.12 bits per heavy atom. The van der Waals surface area contributed by atoms with Gasteiger partial charge in [0.2, 0.25) is 5.91 Å². The second-order valence-electron chi connectivity index (χ2n) is 3.47. The Morgan fingerprint density at radius 2 is 2.50 bits per heavy atom. The summed E-state index contributed by atoms with van der Waals surface area (Å²) in [6.07, 6.45) is 3.23. The first kappa shape index (κ1) is 11.0. The van der Waals surface area contributed by atoms with Crippen LogP contribution in [-0.2, 0) is 16.0 Å². The first-order chi connectivity index (χ1) is 7.68. The molecule has 0 radical (unpaired) electrons. The van der Waals surface area contributed by atoms with Gasteiger partial charge in [-0.05, 0) is 0 Å². The number of nitrogens with zero attached hydrogens (tertiary/aromatic N) is 2. The molecule has 2 rings (SSSR count). The number of nitrogens with one attached hydrogen (secondary N) is 1. The van der Waals surface area contributed by atoms with Gasteiger partial charge >= 0.3 is 5.97 Å². The number of thioether (sulfide) groups is 1. The van der Waals surface area contributed by atoms with Crippen LogP contribution in [0.4, 0.5) is 0 Å². The molecular formula is C9H11N3O3S. The average Bonchev–Trinajstić information content (AvgIpc) is 2.86. The molecule has 0 aliphatic carbocycles. The Bertz CT molecular complexity index is 393. The van der Waals surface area contributed by atoms with Crippen molar-refractivity contribution in [3.05, 3.63) is 18.2 Å². The van der Waals surface area contributed by atoms with Crippen LogP contribution < -0.4 is 0 Å². The van der Waals surface area contributed by atoms with Gasteiger partial charge in [0, 0.05) is 17.6 Å². The van der Waals surface area contributed by atoms with Gasteiger partial charge in [0.25, 0.3) is 0 Å². The Balaban J connectivity index is 2.01. The van der Waals surface area contributed by atoms with Crippen LogP contribution in [0.25, 0.3) is 0 Å². The quantitative estimate of drug-likeness (QED) is 0.774. The third-order valence-corrected chi connectivity index (χ3v) is 3.40. The van der Waals surface area contributed by atoms with Crippen LogP contribution in [0.5, 0.6) is 0 Å². The number of carbonyl (C=O) groups excluding carboxylic acids is 1.